The molecule has 0 aromatic heterocycles. The predicted octanol–water partition coefficient (Wildman–Crippen LogP) is 5.51. The van der Waals surface area contributed by atoms with Crippen LogP contribution in [0.25, 0.3) is 0 Å². The minimum atomic E-state index is -0.365. The van der Waals surface area contributed by atoms with Gasteiger partial charge in [0.1, 0.15) is 5.82 Å². The minimum absolute atomic E-state index is 0.365. The van der Waals surface area contributed by atoms with Gasteiger partial charge in [-0.05, 0) is 51.8 Å². The maximum absolute atomic E-state index is 13.5. The van der Waals surface area contributed by atoms with Gasteiger partial charge in [-0.3, -0.25) is 0 Å². The largest absolute Gasteiger partial charge is 0.379 e. The monoisotopic (exact) mass is 347 g/mol. The van der Waals surface area contributed by atoms with Gasteiger partial charge in [0.25, 0.3) is 0 Å². The number of rotatable bonds is 3. The molecule has 0 aliphatic rings. The predicted molar refractivity (Wildman–Crippen MR) is 77.9 cm³/mol. The molecule has 0 unspecified atom stereocenters. The van der Waals surface area contributed by atoms with Gasteiger partial charge >= 0.3 is 0 Å². The van der Waals surface area contributed by atoms with Crippen LogP contribution in [-0.4, -0.2) is 0 Å². The van der Waals surface area contributed by atoms with E-state index in [1.807, 2.05) is 12.1 Å². The Bertz CT molecular complexity index is 575. The number of anilines is 1. The molecule has 0 aliphatic carbocycles. The molecule has 0 atom stereocenters. The van der Waals surface area contributed by atoms with E-state index in [0.29, 0.717) is 22.3 Å². The summed E-state index contributed by atoms with van der Waals surface area (Å²) in [4.78, 5) is 0. The van der Waals surface area contributed by atoms with Gasteiger partial charge in [0, 0.05) is 16.0 Å². The van der Waals surface area contributed by atoms with E-state index in [2.05, 4.69) is 21.2 Å². The highest BCUT2D eigenvalue weighted by Gasteiger charge is 2.03. The van der Waals surface area contributed by atoms with Gasteiger partial charge in [0.15, 0.2) is 0 Å². The SMILES string of the molecule is Fc1cc(Cl)ccc1NCc1ccc(Cl)c(Br)c1. The molecular weight excluding hydrogens is 340 g/mol. The van der Waals surface area contributed by atoms with Crippen LogP contribution in [0.2, 0.25) is 10.0 Å². The van der Waals surface area contributed by atoms with E-state index in [0.717, 1.165) is 10.0 Å². The first-order valence-electron chi connectivity index (χ1n) is 5.19. The normalized spacial score (nSPS) is 10.4. The first-order valence-corrected chi connectivity index (χ1v) is 6.74. The van der Waals surface area contributed by atoms with Crippen molar-refractivity contribution in [1.29, 1.82) is 0 Å². The lowest BCUT2D eigenvalue weighted by molar-refractivity contribution is 0.630. The zero-order valence-corrected chi connectivity index (χ0v) is 12.3. The van der Waals surface area contributed by atoms with E-state index in [4.69, 9.17) is 23.2 Å². The van der Waals surface area contributed by atoms with E-state index in [1.165, 1.54) is 6.07 Å². The highest BCUT2D eigenvalue weighted by atomic mass is 79.9. The smallest absolute Gasteiger partial charge is 0.147 e. The molecule has 1 nitrogen and oxygen atoms in total. The second kappa shape index (κ2) is 5.91. The zero-order chi connectivity index (χ0) is 13.1. The average Bonchev–Trinajstić information content (AvgIpc) is 2.32. The molecule has 0 spiro atoms. The Balaban J connectivity index is 2.09. The lowest BCUT2D eigenvalue weighted by Gasteiger charge is -2.08. The van der Waals surface area contributed by atoms with Crippen LogP contribution < -0.4 is 5.32 Å². The maximum Gasteiger partial charge on any atom is 0.147 e. The van der Waals surface area contributed by atoms with Crippen LogP contribution in [0.3, 0.4) is 0 Å². The van der Waals surface area contributed by atoms with Gasteiger partial charge in [-0.1, -0.05) is 29.3 Å². The second-order valence-corrected chi connectivity index (χ2v) is 5.42. The molecule has 18 heavy (non-hydrogen) atoms. The lowest BCUT2D eigenvalue weighted by atomic mass is 10.2. The zero-order valence-electron chi connectivity index (χ0n) is 9.18. The number of halogens is 4. The van der Waals surface area contributed by atoms with Crippen molar-refractivity contribution >= 4 is 44.8 Å². The van der Waals surface area contributed by atoms with Crippen molar-refractivity contribution in [3.05, 3.63) is 62.3 Å². The molecule has 2 aromatic rings. The maximum atomic E-state index is 13.5. The molecule has 0 radical (unpaired) electrons. The molecule has 0 heterocycles. The van der Waals surface area contributed by atoms with Crippen LogP contribution >= 0.6 is 39.1 Å². The van der Waals surface area contributed by atoms with Gasteiger partial charge in [0.05, 0.1) is 10.7 Å². The topological polar surface area (TPSA) is 12.0 Å². The molecule has 0 aliphatic heterocycles. The summed E-state index contributed by atoms with van der Waals surface area (Å²) in [6, 6.07) is 10.1. The van der Waals surface area contributed by atoms with Gasteiger partial charge in [-0.15, -0.1) is 0 Å². The number of benzene rings is 2. The van der Waals surface area contributed by atoms with Gasteiger partial charge in [-0.2, -0.15) is 0 Å². The Morgan fingerprint density at radius 2 is 1.89 bits per heavy atom. The average molecular weight is 349 g/mol. The van der Waals surface area contributed by atoms with Crippen molar-refractivity contribution in [2.45, 2.75) is 6.54 Å². The summed E-state index contributed by atoms with van der Waals surface area (Å²) in [6.07, 6.45) is 0. The Hall–Kier alpha value is -0.770. The molecule has 0 fully saturated rings. The molecular formula is C13H9BrCl2FN. The van der Waals surface area contributed by atoms with Crippen molar-refractivity contribution in [3.63, 3.8) is 0 Å². The molecule has 94 valence electrons. The Morgan fingerprint density at radius 1 is 1.11 bits per heavy atom. The van der Waals surface area contributed by atoms with Crippen LogP contribution in [0.4, 0.5) is 10.1 Å². The van der Waals surface area contributed by atoms with Crippen molar-refractivity contribution in [2.75, 3.05) is 5.32 Å². The van der Waals surface area contributed by atoms with Crippen LogP contribution in [0.15, 0.2) is 40.9 Å². The van der Waals surface area contributed by atoms with Crippen molar-refractivity contribution in [3.8, 4) is 0 Å². The molecule has 5 heteroatoms. The number of hydrogen-bond acceptors (Lipinski definition) is 1. The third kappa shape index (κ3) is 3.37. The minimum Gasteiger partial charge on any atom is -0.379 e. The molecule has 0 amide bonds. The fourth-order valence-corrected chi connectivity index (χ4v) is 2.18. The number of nitrogens with one attached hydrogen (secondary N) is 1. The Kier molecular flexibility index (Phi) is 4.49. The Morgan fingerprint density at radius 3 is 2.56 bits per heavy atom. The van der Waals surface area contributed by atoms with Crippen molar-refractivity contribution in [2.24, 2.45) is 0 Å². The highest BCUT2D eigenvalue weighted by molar-refractivity contribution is 9.10. The third-order valence-electron chi connectivity index (χ3n) is 2.40. The van der Waals surface area contributed by atoms with Crippen molar-refractivity contribution < 1.29 is 4.39 Å². The van der Waals surface area contributed by atoms with Crippen LogP contribution in [0.5, 0.6) is 0 Å². The summed E-state index contributed by atoms with van der Waals surface area (Å²) in [5.41, 5.74) is 1.42. The highest BCUT2D eigenvalue weighted by Crippen LogP contribution is 2.24. The van der Waals surface area contributed by atoms with Gasteiger partial charge in [-0.25, -0.2) is 4.39 Å². The molecule has 0 saturated heterocycles. The van der Waals surface area contributed by atoms with Crippen LogP contribution in [0, 0.1) is 5.82 Å². The standard InChI is InChI=1S/C13H9BrCl2FN/c14-10-5-8(1-3-11(10)16)7-18-13-4-2-9(15)6-12(13)17/h1-6,18H,7H2. The lowest BCUT2D eigenvalue weighted by Crippen LogP contribution is -2.01. The first-order chi connectivity index (χ1) is 8.56. The number of hydrogen-bond donors (Lipinski definition) is 1. The van der Waals surface area contributed by atoms with Gasteiger partial charge in [0.2, 0.25) is 0 Å². The summed E-state index contributed by atoms with van der Waals surface area (Å²) in [7, 11) is 0. The van der Waals surface area contributed by atoms with E-state index < -0.39 is 0 Å². The molecule has 0 bridgehead atoms. The van der Waals surface area contributed by atoms with Crippen molar-refractivity contribution in [1.82, 2.24) is 0 Å². The fraction of sp³-hybridized carbons (Fsp3) is 0.0769. The van der Waals surface area contributed by atoms with Gasteiger partial charge < -0.3 is 5.32 Å². The summed E-state index contributed by atoms with van der Waals surface area (Å²) < 4.78 is 14.3. The molecule has 2 rings (SSSR count). The van der Waals surface area contributed by atoms with Crippen LogP contribution in [0.1, 0.15) is 5.56 Å². The molecule has 0 saturated carbocycles. The fourth-order valence-electron chi connectivity index (χ4n) is 1.48. The summed E-state index contributed by atoms with van der Waals surface area (Å²) in [6.45, 7) is 0.508. The molecule has 1 N–H and O–H groups in total. The Labute approximate surface area is 123 Å². The van der Waals surface area contributed by atoms with E-state index in [9.17, 15) is 4.39 Å². The second-order valence-electron chi connectivity index (χ2n) is 3.73. The van der Waals surface area contributed by atoms with E-state index in [-0.39, 0.29) is 5.82 Å². The van der Waals surface area contributed by atoms with Crippen LogP contribution in [-0.2, 0) is 6.54 Å². The summed E-state index contributed by atoms with van der Waals surface area (Å²) in [5, 5.41) is 4.04. The first kappa shape index (κ1) is 13.7. The van der Waals surface area contributed by atoms with E-state index >= 15 is 0 Å². The molecule has 2 aromatic carbocycles. The summed E-state index contributed by atoms with van der Waals surface area (Å²) in [5.74, 6) is -0.365. The third-order valence-corrected chi connectivity index (χ3v) is 3.85. The summed E-state index contributed by atoms with van der Waals surface area (Å²) >= 11 is 14.9. The quantitative estimate of drug-likeness (QED) is 0.771. The van der Waals surface area contributed by atoms with E-state index in [1.54, 1.807) is 18.2 Å².